The molecule has 0 radical (unpaired) electrons. The second kappa shape index (κ2) is 6.14. The van der Waals surface area contributed by atoms with Crippen LogP contribution < -0.4 is 10.6 Å². The molecule has 1 saturated heterocycles. The molecule has 3 rings (SSSR count). The van der Waals surface area contributed by atoms with E-state index < -0.39 is 39.5 Å². The van der Waals surface area contributed by atoms with Gasteiger partial charge >= 0.3 is 6.18 Å². The van der Waals surface area contributed by atoms with Gasteiger partial charge in [0.25, 0.3) is 5.91 Å². The van der Waals surface area contributed by atoms with E-state index in [1.807, 2.05) is 0 Å². The number of fused-ring (bicyclic) bond motifs is 1. The van der Waals surface area contributed by atoms with E-state index in [0.29, 0.717) is 6.42 Å². The topological polar surface area (TPSA) is 93.1 Å². The van der Waals surface area contributed by atoms with Crippen LogP contribution in [0.3, 0.4) is 0 Å². The molecule has 0 unspecified atom stereocenters. The zero-order chi connectivity index (χ0) is 19.3. The number of nitrogens with one attached hydrogen (secondary N) is 2. The van der Waals surface area contributed by atoms with Crippen LogP contribution >= 0.6 is 0 Å². The Morgan fingerprint density at radius 1 is 1.50 bits per heavy atom. The molecule has 3 atom stereocenters. The predicted octanol–water partition coefficient (Wildman–Crippen LogP) is 1.89. The lowest BCUT2D eigenvalue weighted by atomic mass is 10.00. The van der Waals surface area contributed by atoms with E-state index in [4.69, 9.17) is 0 Å². The molecule has 1 amide bonds. The Labute approximate surface area is 149 Å². The molecular weight excluding hydrogens is 373 g/mol. The average Bonchev–Trinajstić information content (AvgIpc) is 3.05. The molecule has 7 nitrogen and oxygen atoms in total. The van der Waals surface area contributed by atoms with Crippen LogP contribution in [-0.4, -0.2) is 53.4 Å². The summed E-state index contributed by atoms with van der Waals surface area (Å²) in [6.07, 6.45) is -2.81. The number of carbonyl (C=O) groups excluding carboxylic acids is 1. The number of sulfone groups is 1. The van der Waals surface area contributed by atoms with Crippen molar-refractivity contribution in [1.82, 2.24) is 15.1 Å². The number of amides is 1. The first-order valence-electron chi connectivity index (χ1n) is 8.38. The molecule has 0 aliphatic carbocycles. The number of nitrogens with zero attached hydrogens (tertiary/aromatic N) is 2. The van der Waals surface area contributed by atoms with Gasteiger partial charge in [-0.05, 0) is 26.2 Å². The fraction of sp³-hybridized carbons (Fsp3) is 0.733. The van der Waals surface area contributed by atoms with Gasteiger partial charge in [-0.2, -0.15) is 18.3 Å². The fourth-order valence-electron chi connectivity index (χ4n) is 3.52. The SMILES string of the molecule is CC[C@H]1C[C@@H](C(F)(F)F)n2ncc(C(=O)N[C@@]3(C)CCS(=O)(=O)C3)c2N1. The van der Waals surface area contributed by atoms with E-state index in [1.54, 1.807) is 13.8 Å². The lowest BCUT2D eigenvalue weighted by molar-refractivity contribution is -0.173. The molecule has 0 saturated carbocycles. The Bertz CT molecular complexity index is 821. The number of rotatable bonds is 3. The van der Waals surface area contributed by atoms with Gasteiger partial charge in [0, 0.05) is 6.04 Å². The van der Waals surface area contributed by atoms with E-state index in [0.717, 1.165) is 10.9 Å². The molecule has 2 aliphatic heterocycles. The van der Waals surface area contributed by atoms with Crippen LogP contribution in [0.4, 0.5) is 19.0 Å². The van der Waals surface area contributed by atoms with Gasteiger partial charge in [-0.25, -0.2) is 13.1 Å². The highest BCUT2D eigenvalue weighted by molar-refractivity contribution is 7.91. The Kier molecular flexibility index (Phi) is 4.48. The summed E-state index contributed by atoms with van der Waals surface area (Å²) in [5.74, 6) is -0.823. The summed E-state index contributed by atoms with van der Waals surface area (Å²) in [6.45, 7) is 3.38. The molecule has 26 heavy (non-hydrogen) atoms. The maximum Gasteiger partial charge on any atom is 0.410 e. The van der Waals surface area contributed by atoms with Crippen LogP contribution in [0.25, 0.3) is 0 Å². The molecule has 1 aromatic heterocycles. The molecule has 0 aromatic carbocycles. The minimum absolute atomic E-state index is 0.0112. The number of anilines is 1. The highest BCUT2D eigenvalue weighted by Gasteiger charge is 2.47. The maximum absolute atomic E-state index is 13.4. The van der Waals surface area contributed by atoms with Gasteiger partial charge in [0.15, 0.2) is 15.9 Å². The fourth-order valence-corrected chi connectivity index (χ4v) is 5.61. The van der Waals surface area contributed by atoms with Crippen molar-refractivity contribution in [2.24, 2.45) is 0 Å². The lowest BCUT2D eigenvalue weighted by Crippen LogP contribution is -2.47. The number of carbonyl (C=O) groups is 1. The molecule has 0 bridgehead atoms. The lowest BCUT2D eigenvalue weighted by Gasteiger charge is -2.33. The number of aromatic nitrogens is 2. The smallest absolute Gasteiger partial charge is 0.367 e. The van der Waals surface area contributed by atoms with Gasteiger partial charge < -0.3 is 10.6 Å². The Balaban J connectivity index is 1.89. The van der Waals surface area contributed by atoms with E-state index in [1.165, 1.54) is 0 Å². The van der Waals surface area contributed by atoms with E-state index >= 15 is 0 Å². The highest BCUT2D eigenvalue weighted by atomic mass is 32.2. The van der Waals surface area contributed by atoms with Crippen molar-refractivity contribution in [2.75, 3.05) is 16.8 Å². The highest BCUT2D eigenvalue weighted by Crippen LogP contribution is 2.40. The normalized spacial score (nSPS) is 30.5. The summed E-state index contributed by atoms with van der Waals surface area (Å²) in [5.41, 5.74) is -0.949. The van der Waals surface area contributed by atoms with Crippen LogP contribution in [0.1, 0.15) is 49.5 Å². The quantitative estimate of drug-likeness (QED) is 0.817. The summed E-state index contributed by atoms with van der Waals surface area (Å²) in [6, 6.07) is -2.23. The average molecular weight is 394 g/mol. The Hall–Kier alpha value is -1.78. The molecule has 2 N–H and O–H groups in total. The minimum Gasteiger partial charge on any atom is -0.367 e. The van der Waals surface area contributed by atoms with Crippen LogP contribution in [-0.2, 0) is 9.84 Å². The molecule has 1 aromatic rings. The molecule has 1 fully saturated rings. The zero-order valence-electron chi connectivity index (χ0n) is 14.4. The largest absolute Gasteiger partial charge is 0.410 e. The van der Waals surface area contributed by atoms with Crippen molar-refractivity contribution in [3.63, 3.8) is 0 Å². The van der Waals surface area contributed by atoms with E-state index in [9.17, 15) is 26.4 Å². The van der Waals surface area contributed by atoms with Crippen LogP contribution in [0.15, 0.2) is 6.20 Å². The van der Waals surface area contributed by atoms with Crippen molar-refractivity contribution in [1.29, 1.82) is 0 Å². The first-order chi connectivity index (χ1) is 11.9. The summed E-state index contributed by atoms with van der Waals surface area (Å²) in [5, 5.41) is 9.39. The molecule has 0 spiro atoms. The molecule has 11 heteroatoms. The maximum atomic E-state index is 13.4. The van der Waals surface area contributed by atoms with Gasteiger partial charge in [0.05, 0.1) is 23.2 Å². The number of alkyl halides is 3. The number of hydrogen-bond donors (Lipinski definition) is 2. The van der Waals surface area contributed by atoms with Crippen molar-refractivity contribution in [3.8, 4) is 0 Å². The van der Waals surface area contributed by atoms with E-state index in [-0.39, 0.29) is 35.7 Å². The van der Waals surface area contributed by atoms with Gasteiger partial charge in [-0.1, -0.05) is 6.92 Å². The van der Waals surface area contributed by atoms with Crippen molar-refractivity contribution >= 4 is 21.6 Å². The second-order valence-corrected chi connectivity index (χ2v) is 9.43. The Morgan fingerprint density at radius 3 is 2.73 bits per heavy atom. The van der Waals surface area contributed by atoms with Gasteiger partial charge in [-0.15, -0.1) is 0 Å². The zero-order valence-corrected chi connectivity index (χ0v) is 15.2. The molecule has 146 valence electrons. The van der Waals surface area contributed by atoms with Crippen LogP contribution in [0.5, 0.6) is 0 Å². The summed E-state index contributed by atoms with van der Waals surface area (Å²) in [7, 11) is -3.23. The van der Waals surface area contributed by atoms with Crippen LogP contribution in [0, 0.1) is 0 Å². The van der Waals surface area contributed by atoms with Gasteiger partial charge in [0.1, 0.15) is 11.4 Å². The molecule has 2 aliphatic rings. The van der Waals surface area contributed by atoms with Gasteiger partial charge in [0.2, 0.25) is 0 Å². The molecule has 3 heterocycles. The first kappa shape index (κ1) is 19.0. The van der Waals surface area contributed by atoms with Crippen molar-refractivity contribution < 1.29 is 26.4 Å². The third-order valence-corrected chi connectivity index (χ3v) is 6.88. The van der Waals surface area contributed by atoms with Gasteiger partial charge in [-0.3, -0.25) is 4.79 Å². The Morgan fingerprint density at radius 2 is 2.19 bits per heavy atom. The van der Waals surface area contributed by atoms with E-state index in [2.05, 4.69) is 15.7 Å². The second-order valence-electron chi connectivity index (χ2n) is 7.25. The first-order valence-corrected chi connectivity index (χ1v) is 10.2. The van der Waals surface area contributed by atoms with Crippen molar-refractivity contribution in [3.05, 3.63) is 11.8 Å². The minimum atomic E-state index is -4.48. The predicted molar refractivity (Wildman–Crippen MR) is 88.8 cm³/mol. The third-order valence-electron chi connectivity index (χ3n) is 4.97. The summed E-state index contributed by atoms with van der Waals surface area (Å²) >= 11 is 0. The number of halogens is 3. The summed E-state index contributed by atoms with van der Waals surface area (Å²) in [4.78, 5) is 12.6. The number of hydrogen-bond acceptors (Lipinski definition) is 5. The molecular formula is C15H21F3N4O3S. The monoisotopic (exact) mass is 394 g/mol. The van der Waals surface area contributed by atoms with Crippen molar-refractivity contribution in [2.45, 2.75) is 56.9 Å². The standard InChI is InChI=1S/C15H21F3N4O3S/c1-3-9-6-11(15(16,17)18)22-12(20-9)10(7-19-22)13(23)21-14(2)4-5-26(24,25)8-14/h7,9,11,20H,3-6,8H2,1-2H3,(H,21,23)/t9-,11-,14-/m0/s1. The summed E-state index contributed by atoms with van der Waals surface area (Å²) < 4.78 is 64.2. The van der Waals surface area contributed by atoms with Crippen LogP contribution in [0.2, 0.25) is 0 Å². The third kappa shape index (κ3) is 3.53.